The van der Waals surface area contributed by atoms with E-state index in [9.17, 15) is 0 Å². The Morgan fingerprint density at radius 1 is 0.426 bits per heavy atom. The molecule has 0 unspecified atom stereocenters. The minimum Gasteiger partial charge on any atom is -0.251 e. The molecule has 3 aromatic heterocycles. The van der Waals surface area contributed by atoms with Crippen LogP contribution in [0.3, 0.4) is 0 Å². The molecular formula is C42H31N5. The largest absolute Gasteiger partial charge is 0.251 e. The number of benzene rings is 5. The first-order chi connectivity index (χ1) is 23.1. The summed E-state index contributed by atoms with van der Waals surface area (Å²) < 4.78 is 0. The standard InChI is InChI=1S/C42H31N5/c1-3-28-26-27(2)43-39-36(28)24-22-32-23-25-37(44-38(32)39)31-18-14-29(15-19-31)30-16-20-35(21-17-30)42-46-40(33-10-6-4-7-11-33)45-41(47-42)34-12-8-5-9-13-34/h4-26H,3H2,1-2H3. The monoisotopic (exact) mass is 605 g/mol. The first kappa shape index (κ1) is 28.4. The molecule has 3 heterocycles. The zero-order valence-corrected chi connectivity index (χ0v) is 26.2. The molecule has 0 spiro atoms. The van der Waals surface area contributed by atoms with E-state index in [1.165, 1.54) is 10.9 Å². The second-order valence-corrected chi connectivity index (χ2v) is 11.7. The van der Waals surface area contributed by atoms with Gasteiger partial charge in [-0.2, -0.15) is 0 Å². The van der Waals surface area contributed by atoms with E-state index >= 15 is 0 Å². The molecule has 5 heteroatoms. The van der Waals surface area contributed by atoms with Gasteiger partial charge in [-0.3, -0.25) is 4.98 Å². The molecule has 0 radical (unpaired) electrons. The summed E-state index contributed by atoms with van der Waals surface area (Å²) in [6.07, 6.45) is 0.965. The molecule has 8 rings (SSSR count). The van der Waals surface area contributed by atoms with Crippen molar-refractivity contribution in [2.75, 3.05) is 0 Å². The summed E-state index contributed by atoms with van der Waals surface area (Å²) >= 11 is 0. The van der Waals surface area contributed by atoms with Gasteiger partial charge in [0.15, 0.2) is 17.5 Å². The molecule has 0 saturated carbocycles. The Labute approximate surface area is 273 Å². The molecule has 224 valence electrons. The van der Waals surface area contributed by atoms with Crippen molar-refractivity contribution in [2.24, 2.45) is 0 Å². The van der Waals surface area contributed by atoms with Crippen molar-refractivity contribution in [1.29, 1.82) is 0 Å². The molecule has 0 aliphatic heterocycles. The molecule has 5 aromatic carbocycles. The summed E-state index contributed by atoms with van der Waals surface area (Å²) in [4.78, 5) is 24.6. The number of aromatic nitrogens is 5. The number of hydrogen-bond acceptors (Lipinski definition) is 5. The quantitative estimate of drug-likeness (QED) is 0.177. The molecule has 0 N–H and O–H groups in total. The molecule has 0 atom stereocenters. The van der Waals surface area contributed by atoms with E-state index in [0.29, 0.717) is 17.5 Å². The first-order valence-corrected chi connectivity index (χ1v) is 15.9. The number of aryl methyl sites for hydroxylation is 2. The highest BCUT2D eigenvalue weighted by Gasteiger charge is 2.13. The van der Waals surface area contributed by atoms with Gasteiger partial charge < -0.3 is 0 Å². The van der Waals surface area contributed by atoms with E-state index in [1.807, 2.05) is 60.7 Å². The summed E-state index contributed by atoms with van der Waals surface area (Å²) in [7, 11) is 0. The van der Waals surface area contributed by atoms with Gasteiger partial charge in [0.25, 0.3) is 0 Å². The molecule has 0 saturated heterocycles. The van der Waals surface area contributed by atoms with E-state index in [1.54, 1.807) is 0 Å². The van der Waals surface area contributed by atoms with Gasteiger partial charge in [-0.05, 0) is 42.2 Å². The van der Waals surface area contributed by atoms with Crippen LogP contribution in [0.1, 0.15) is 18.2 Å². The highest BCUT2D eigenvalue weighted by atomic mass is 15.0. The fraction of sp³-hybridized carbons (Fsp3) is 0.0714. The smallest absolute Gasteiger partial charge is 0.164 e. The van der Waals surface area contributed by atoms with Gasteiger partial charge in [0, 0.05) is 38.7 Å². The molecule has 0 aliphatic rings. The third-order valence-corrected chi connectivity index (χ3v) is 8.59. The third-order valence-electron chi connectivity index (χ3n) is 8.59. The predicted molar refractivity (Wildman–Crippen MR) is 192 cm³/mol. The topological polar surface area (TPSA) is 64.5 Å². The van der Waals surface area contributed by atoms with Gasteiger partial charge in [0.2, 0.25) is 0 Å². The molecule has 8 aromatic rings. The Bertz CT molecular complexity index is 2310. The van der Waals surface area contributed by atoms with Crippen LogP contribution in [0.4, 0.5) is 0 Å². The van der Waals surface area contributed by atoms with Crippen LogP contribution in [0.15, 0.2) is 140 Å². The molecular weight excluding hydrogens is 574 g/mol. The fourth-order valence-corrected chi connectivity index (χ4v) is 6.12. The summed E-state index contributed by atoms with van der Waals surface area (Å²) in [5, 5.41) is 2.28. The van der Waals surface area contributed by atoms with Crippen LogP contribution in [0.25, 0.3) is 78.4 Å². The minimum atomic E-state index is 0.644. The van der Waals surface area contributed by atoms with Gasteiger partial charge in [-0.15, -0.1) is 0 Å². The predicted octanol–water partition coefficient (Wildman–Crippen LogP) is 10.2. The van der Waals surface area contributed by atoms with E-state index in [-0.39, 0.29) is 0 Å². The second kappa shape index (κ2) is 12.0. The first-order valence-electron chi connectivity index (χ1n) is 15.9. The van der Waals surface area contributed by atoms with Crippen molar-refractivity contribution in [3.05, 3.63) is 151 Å². The van der Waals surface area contributed by atoms with Gasteiger partial charge >= 0.3 is 0 Å². The number of pyridine rings is 2. The van der Waals surface area contributed by atoms with E-state index < -0.39 is 0 Å². The van der Waals surface area contributed by atoms with Crippen LogP contribution in [-0.2, 0) is 6.42 Å². The van der Waals surface area contributed by atoms with Crippen molar-refractivity contribution in [1.82, 2.24) is 24.9 Å². The molecule has 0 amide bonds. The maximum Gasteiger partial charge on any atom is 0.164 e. The zero-order chi connectivity index (χ0) is 31.7. The van der Waals surface area contributed by atoms with Gasteiger partial charge in [0.1, 0.15) is 0 Å². The van der Waals surface area contributed by atoms with Crippen LogP contribution in [-0.4, -0.2) is 24.9 Å². The summed E-state index contributed by atoms with van der Waals surface area (Å²) in [6, 6.07) is 47.8. The highest BCUT2D eigenvalue weighted by Crippen LogP contribution is 2.31. The SMILES string of the molecule is CCc1cc(C)nc2c1ccc1ccc(-c3ccc(-c4ccc(-c5nc(-c6ccccc6)nc(-c6ccccc6)n5)cc4)cc3)nc12. The van der Waals surface area contributed by atoms with Crippen LogP contribution in [0, 0.1) is 6.92 Å². The molecule has 0 aliphatic carbocycles. The van der Waals surface area contributed by atoms with Gasteiger partial charge in [-0.1, -0.05) is 134 Å². The Balaban J connectivity index is 1.11. The van der Waals surface area contributed by atoms with Crippen molar-refractivity contribution in [2.45, 2.75) is 20.3 Å². The summed E-state index contributed by atoms with van der Waals surface area (Å²) in [5.74, 6) is 1.95. The average Bonchev–Trinajstić information content (AvgIpc) is 3.15. The molecule has 0 bridgehead atoms. The van der Waals surface area contributed by atoms with Crippen LogP contribution in [0.5, 0.6) is 0 Å². The molecule has 47 heavy (non-hydrogen) atoms. The lowest BCUT2D eigenvalue weighted by Gasteiger charge is -2.10. The van der Waals surface area contributed by atoms with E-state index in [4.69, 9.17) is 24.9 Å². The lowest BCUT2D eigenvalue weighted by molar-refractivity contribution is 1.07. The van der Waals surface area contributed by atoms with Gasteiger partial charge in [-0.25, -0.2) is 19.9 Å². The summed E-state index contributed by atoms with van der Waals surface area (Å²) in [5.41, 5.74) is 11.3. The molecule has 0 fully saturated rings. The number of rotatable bonds is 6. The lowest BCUT2D eigenvalue weighted by atomic mass is 10.00. The summed E-state index contributed by atoms with van der Waals surface area (Å²) in [6.45, 7) is 4.24. The fourth-order valence-electron chi connectivity index (χ4n) is 6.12. The highest BCUT2D eigenvalue weighted by molar-refractivity contribution is 6.04. The van der Waals surface area contributed by atoms with Gasteiger partial charge in [0.05, 0.1) is 16.7 Å². The normalized spacial score (nSPS) is 11.3. The van der Waals surface area contributed by atoms with Crippen molar-refractivity contribution < 1.29 is 0 Å². The van der Waals surface area contributed by atoms with Crippen LogP contribution >= 0.6 is 0 Å². The van der Waals surface area contributed by atoms with Crippen molar-refractivity contribution >= 4 is 21.8 Å². The zero-order valence-electron chi connectivity index (χ0n) is 26.2. The van der Waals surface area contributed by atoms with Crippen molar-refractivity contribution in [3.63, 3.8) is 0 Å². The second-order valence-electron chi connectivity index (χ2n) is 11.7. The van der Waals surface area contributed by atoms with Crippen molar-refractivity contribution in [3.8, 4) is 56.5 Å². The average molecular weight is 606 g/mol. The third kappa shape index (κ3) is 5.53. The lowest BCUT2D eigenvalue weighted by Crippen LogP contribution is -2.00. The van der Waals surface area contributed by atoms with Crippen LogP contribution in [0.2, 0.25) is 0 Å². The Kier molecular flexibility index (Phi) is 7.27. The maximum absolute atomic E-state index is 5.11. The van der Waals surface area contributed by atoms with Crippen LogP contribution < -0.4 is 0 Å². The number of hydrogen-bond donors (Lipinski definition) is 0. The van der Waals surface area contributed by atoms with E-state index in [0.717, 1.165) is 67.6 Å². The number of fused-ring (bicyclic) bond motifs is 3. The van der Waals surface area contributed by atoms with E-state index in [2.05, 4.69) is 92.7 Å². The maximum atomic E-state index is 5.11. The Hall–Kier alpha value is -6.07. The Morgan fingerprint density at radius 2 is 0.915 bits per heavy atom. The number of nitrogens with zero attached hydrogens (tertiary/aromatic N) is 5. The minimum absolute atomic E-state index is 0.644. The molecule has 5 nitrogen and oxygen atoms in total. The Morgan fingerprint density at radius 3 is 1.47 bits per heavy atom.